The van der Waals surface area contributed by atoms with Gasteiger partial charge in [-0.1, -0.05) is 13.3 Å². The minimum absolute atomic E-state index is 0.0946. The highest BCUT2D eigenvalue weighted by Crippen LogP contribution is 2.20. The van der Waals surface area contributed by atoms with E-state index >= 15 is 0 Å². The number of fused-ring (bicyclic) bond motifs is 1. The van der Waals surface area contributed by atoms with E-state index < -0.39 is 0 Å². The van der Waals surface area contributed by atoms with E-state index in [2.05, 4.69) is 28.0 Å². The van der Waals surface area contributed by atoms with E-state index in [4.69, 9.17) is 10.5 Å². The van der Waals surface area contributed by atoms with Crippen molar-refractivity contribution in [2.75, 3.05) is 31.1 Å². The lowest BCUT2D eigenvalue weighted by Crippen LogP contribution is -2.46. The first-order valence-electron chi connectivity index (χ1n) is 7.22. The van der Waals surface area contributed by atoms with Crippen LogP contribution in [-0.4, -0.2) is 46.9 Å². The number of hydrogen-bond acceptors (Lipinski definition) is 5. The molecule has 6 nitrogen and oxygen atoms in total. The maximum Gasteiger partial charge on any atom is 0.157 e. The Balaban J connectivity index is 1.98. The Labute approximate surface area is 118 Å². The number of rotatable bonds is 4. The summed E-state index contributed by atoms with van der Waals surface area (Å²) < 4.78 is 7.54. The number of anilines is 1. The fraction of sp³-hybridized carbons (Fsp3) is 0.571. The fourth-order valence-corrected chi connectivity index (χ4v) is 2.63. The maximum atomic E-state index is 5.73. The largest absolute Gasteiger partial charge is 0.373 e. The van der Waals surface area contributed by atoms with Crippen molar-refractivity contribution in [3.63, 3.8) is 0 Å². The highest BCUT2D eigenvalue weighted by Gasteiger charge is 2.22. The van der Waals surface area contributed by atoms with Gasteiger partial charge in [-0.25, -0.2) is 4.98 Å². The number of hydrogen-bond donors (Lipinski definition) is 1. The van der Waals surface area contributed by atoms with Crippen molar-refractivity contribution in [2.45, 2.75) is 25.9 Å². The first-order valence-corrected chi connectivity index (χ1v) is 7.22. The smallest absolute Gasteiger partial charge is 0.157 e. The van der Waals surface area contributed by atoms with Crippen LogP contribution in [0.15, 0.2) is 18.3 Å². The summed E-state index contributed by atoms with van der Waals surface area (Å²) in [5.41, 5.74) is 7.75. The van der Waals surface area contributed by atoms with Crippen LogP contribution in [0.2, 0.25) is 0 Å². The van der Waals surface area contributed by atoms with E-state index in [0.29, 0.717) is 13.2 Å². The van der Waals surface area contributed by atoms with Crippen LogP contribution < -0.4 is 10.6 Å². The monoisotopic (exact) mass is 275 g/mol. The summed E-state index contributed by atoms with van der Waals surface area (Å²) in [6.45, 7) is 5.09. The van der Waals surface area contributed by atoms with E-state index in [1.54, 1.807) is 6.20 Å². The second-order valence-corrected chi connectivity index (χ2v) is 5.13. The van der Waals surface area contributed by atoms with Gasteiger partial charge < -0.3 is 15.4 Å². The molecule has 108 valence electrons. The number of ether oxygens (including phenoxy) is 1. The van der Waals surface area contributed by atoms with E-state index in [1.807, 2.05) is 10.6 Å². The van der Waals surface area contributed by atoms with Gasteiger partial charge in [-0.3, -0.25) is 0 Å². The predicted molar refractivity (Wildman–Crippen MR) is 78.0 cm³/mol. The molecule has 1 aliphatic rings. The lowest BCUT2D eigenvalue weighted by Gasteiger charge is -2.34. The van der Waals surface area contributed by atoms with E-state index in [9.17, 15) is 0 Å². The summed E-state index contributed by atoms with van der Waals surface area (Å²) in [5, 5.41) is 4.39. The van der Waals surface area contributed by atoms with Crippen LogP contribution in [-0.2, 0) is 11.2 Å². The molecule has 2 aromatic rings. The third-order valence-corrected chi connectivity index (χ3v) is 3.63. The summed E-state index contributed by atoms with van der Waals surface area (Å²) >= 11 is 0. The number of aromatic nitrogens is 3. The van der Waals surface area contributed by atoms with Crippen molar-refractivity contribution < 1.29 is 4.74 Å². The van der Waals surface area contributed by atoms with Gasteiger partial charge in [0, 0.05) is 37.5 Å². The van der Waals surface area contributed by atoms with Gasteiger partial charge in [-0.05, 0) is 6.42 Å². The zero-order chi connectivity index (χ0) is 13.9. The van der Waals surface area contributed by atoms with Crippen LogP contribution >= 0.6 is 0 Å². The molecular weight excluding hydrogens is 254 g/mol. The van der Waals surface area contributed by atoms with Crippen molar-refractivity contribution in [3.8, 4) is 0 Å². The normalized spacial score (nSPS) is 19.7. The van der Waals surface area contributed by atoms with Gasteiger partial charge in [0.25, 0.3) is 0 Å². The van der Waals surface area contributed by atoms with Crippen molar-refractivity contribution in [1.82, 2.24) is 14.6 Å². The summed E-state index contributed by atoms with van der Waals surface area (Å²) in [4.78, 5) is 6.93. The molecule has 1 aliphatic heterocycles. The predicted octanol–water partition coefficient (Wildman–Crippen LogP) is 0.846. The molecule has 0 aliphatic carbocycles. The minimum Gasteiger partial charge on any atom is -0.373 e. The van der Waals surface area contributed by atoms with Gasteiger partial charge in [0.2, 0.25) is 0 Å². The second kappa shape index (κ2) is 5.76. The van der Waals surface area contributed by atoms with Gasteiger partial charge in [0.1, 0.15) is 5.82 Å². The molecule has 0 aromatic carbocycles. The molecule has 3 rings (SSSR count). The molecule has 20 heavy (non-hydrogen) atoms. The van der Waals surface area contributed by atoms with Gasteiger partial charge >= 0.3 is 0 Å². The molecule has 1 fully saturated rings. The Hall–Kier alpha value is -1.66. The number of nitrogens with zero attached hydrogens (tertiary/aromatic N) is 4. The first-order chi connectivity index (χ1) is 9.81. The number of morpholine rings is 1. The van der Waals surface area contributed by atoms with E-state index in [-0.39, 0.29) is 6.10 Å². The molecule has 2 N–H and O–H groups in total. The van der Waals surface area contributed by atoms with Crippen LogP contribution in [0.25, 0.3) is 5.65 Å². The summed E-state index contributed by atoms with van der Waals surface area (Å²) in [6, 6.07) is 4.09. The molecule has 0 unspecified atom stereocenters. The number of nitrogens with two attached hydrogens (primary N) is 1. The van der Waals surface area contributed by atoms with Gasteiger partial charge in [0.05, 0.1) is 18.9 Å². The average Bonchev–Trinajstić information content (AvgIpc) is 2.95. The van der Waals surface area contributed by atoms with Crippen molar-refractivity contribution in [3.05, 3.63) is 24.0 Å². The third-order valence-electron chi connectivity index (χ3n) is 3.63. The molecule has 3 heterocycles. The Morgan fingerprint density at radius 1 is 1.50 bits per heavy atom. The summed E-state index contributed by atoms with van der Waals surface area (Å²) in [5.74, 6) is 1.09. The van der Waals surface area contributed by atoms with Crippen LogP contribution in [0, 0.1) is 0 Å². The van der Waals surface area contributed by atoms with Crippen molar-refractivity contribution >= 4 is 11.5 Å². The first kappa shape index (κ1) is 13.3. The van der Waals surface area contributed by atoms with Crippen LogP contribution in [0.5, 0.6) is 0 Å². The van der Waals surface area contributed by atoms with Crippen LogP contribution in [0.1, 0.15) is 19.0 Å². The Morgan fingerprint density at radius 2 is 2.40 bits per heavy atom. The minimum atomic E-state index is 0.0946. The molecule has 0 bridgehead atoms. The average molecular weight is 275 g/mol. The zero-order valence-corrected chi connectivity index (χ0v) is 11.8. The van der Waals surface area contributed by atoms with Gasteiger partial charge in [-0.2, -0.15) is 9.61 Å². The lowest BCUT2D eigenvalue weighted by molar-refractivity contribution is 0.0461. The SMILES string of the molecule is CCCc1cc(N2CCO[C@@H](CN)C2)n2nccc2n1. The Kier molecular flexibility index (Phi) is 3.84. The molecule has 0 amide bonds. The van der Waals surface area contributed by atoms with Gasteiger partial charge in [-0.15, -0.1) is 0 Å². The molecule has 1 atom stereocenters. The van der Waals surface area contributed by atoms with Crippen LogP contribution in [0.3, 0.4) is 0 Å². The molecule has 1 saturated heterocycles. The zero-order valence-electron chi connectivity index (χ0n) is 11.8. The van der Waals surface area contributed by atoms with E-state index in [1.165, 1.54) is 0 Å². The third kappa shape index (κ3) is 2.48. The molecule has 6 heteroatoms. The fourth-order valence-electron chi connectivity index (χ4n) is 2.63. The van der Waals surface area contributed by atoms with E-state index in [0.717, 1.165) is 43.1 Å². The maximum absolute atomic E-state index is 5.73. The van der Waals surface area contributed by atoms with Crippen molar-refractivity contribution in [1.29, 1.82) is 0 Å². The summed E-state index contributed by atoms with van der Waals surface area (Å²) in [6.07, 6.45) is 3.96. The lowest BCUT2D eigenvalue weighted by atomic mass is 10.2. The molecule has 0 saturated carbocycles. The molecule has 2 aromatic heterocycles. The number of aryl methyl sites for hydroxylation is 1. The quantitative estimate of drug-likeness (QED) is 0.895. The summed E-state index contributed by atoms with van der Waals surface area (Å²) in [7, 11) is 0. The van der Waals surface area contributed by atoms with Crippen molar-refractivity contribution in [2.24, 2.45) is 5.73 Å². The topological polar surface area (TPSA) is 68.7 Å². The molecular formula is C14H21N5O. The Bertz CT molecular complexity index is 582. The standard InChI is InChI=1S/C14H21N5O/c1-2-3-11-8-14(19-13(17-11)4-5-16-19)18-6-7-20-12(9-15)10-18/h4-5,8,12H,2-3,6-7,9-10,15H2,1H3/t12-/m0/s1. The highest BCUT2D eigenvalue weighted by molar-refractivity contribution is 5.51. The highest BCUT2D eigenvalue weighted by atomic mass is 16.5. The second-order valence-electron chi connectivity index (χ2n) is 5.13. The molecule has 0 radical (unpaired) electrons. The van der Waals surface area contributed by atoms with Gasteiger partial charge in [0.15, 0.2) is 5.65 Å². The molecule has 0 spiro atoms. The Morgan fingerprint density at radius 3 is 3.20 bits per heavy atom. The van der Waals surface area contributed by atoms with Crippen LogP contribution in [0.4, 0.5) is 5.82 Å².